The molecule has 0 fully saturated rings. The van der Waals surface area contributed by atoms with Crippen molar-refractivity contribution in [1.82, 2.24) is 20.1 Å². The highest BCUT2D eigenvalue weighted by Gasteiger charge is 2.10. The molecular formula is C12H18N4S. The minimum atomic E-state index is 0.501. The first kappa shape index (κ1) is 12.3. The van der Waals surface area contributed by atoms with Crippen LogP contribution in [-0.4, -0.2) is 20.8 Å². The van der Waals surface area contributed by atoms with Crippen LogP contribution in [0.5, 0.6) is 0 Å². The van der Waals surface area contributed by atoms with Crippen molar-refractivity contribution >= 4 is 11.3 Å². The van der Waals surface area contributed by atoms with Crippen molar-refractivity contribution in [3.05, 3.63) is 23.0 Å². The molecule has 0 unspecified atom stereocenters. The van der Waals surface area contributed by atoms with E-state index in [4.69, 9.17) is 0 Å². The van der Waals surface area contributed by atoms with E-state index in [9.17, 15) is 0 Å². The number of aromatic nitrogens is 3. The van der Waals surface area contributed by atoms with Gasteiger partial charge in [-0.15, -0.1) is 11.3 Å². The van der Waals surface area contributed by atoms with Crippen molar-refractivity contribution < 1.29 is 0 Å². The van der Waals surface area contributed by atoms with Crippen LogP contribution in [0, 0.1) is 6.92 Å². The van der Waals surface area contributed by atoms with Crippen LogP contribution >= 0.6 is 11.3 Å². The molecule has 0 aromatic carbocycles. The Bertz CT molecular complexity index is 498. The smallest absolute Gasteiger partial charge is 0.127 e. The van der Waals surface area contributed by atoms with Crippen LogP contribution < -0.4 is 5.32 Å². The molecule has 0 saturated carbocycles. The molecule has 2 rings (SSSR count). The Hall–Kier alpha value is -1.20. The van der Waals surface area contributed by atoms with Gasteiger partial charge >= 0.3 is 0 Å². The van der Waals surface area contributed by atoms with E-state index in [0.717, 1.165) is 22.8 Å². The van der Waals surface area contributed by atoms with E-state index >= 15 is 0 Å². The van der Waals surface area contributed by atoms with E-state index in [-0.39, 0.29) is 0 Å². The Morgan fingerprint density at radius 3 is 2.82 bits per heavy atom. The van der Waals surface area contributed by atoms with Crippen molar-refractivity contribution in [2.24, 2.45) is 7.05 Å². The van der Waals surface area contributed by atoms with Crippen LogP contribution in [0.2, 0.25) is 0 Å². The molecule has 0 aliphatic heterocycles. The zero-order chi connectivity index (χ0) is 12.4. The Labute approximate surface area is 106 Å². The zero-order valence-corrected chi connectivity index (χ0v) is 11.5. The number of hydrogen-bond acceptors (Lipinski definition) is 4. The van der Waals surface area contributed by atoms with Crippen molar-refractivity contribution in [3.8, 4) is 10.6 Å². The summed E-state index contributed by atoms with van der Waals surface area (Å²) in [6.45, 7) is 7.19. The van der Waals surface area contributed by atoms with Gasteiger partial charge in [-0.3, -0.25) is 4.68 Å². The fraction of sp³-hybridized carbons (Fsp3) is 0.500. The number of thiazole rings is 1. The van der Waals surface area contributed by atoms with E-state index < -0.39 is 0 Å². The van der Waals surface area contributed by atoms with Crippen LogP contribution in [0.4, 0.5) is 0 Å². The first-order valence-electron chi connectivity index (χ1n) is 5.75. The van der Waals surface area contributed by atoms with Gasteiger partial charge in [0.1, 0.15) is 5.01 Å². The summed E-state index contributed by atoms with van der Waals surface area (Å²) in [4.78, 5) is 5.72. The van der Waals surface area contributed by atoms with E-state index in [0.29, 0.717) is 6.04 Å². The lowest BCUT2D eigenvalue weighted by Crippen LogP contribution is -2.21. The average molecular weight is 250 g/mol. The molecule has 4 nitrogen and oxygen atoms in total. The largest absolute Gasteiger partial charge is 0.310 e. The van der Waals surface area contributed by atoms with Crippen molar-refractivity contribution in [2.45, 2.75) is 33.4 Å². The molecule has 92 valence electrons. The summed E-state index contributed by atoms with van der Waals surface area (Å²) in [5, 5.41) is 8.79. The first-order chi connectivity index (χ1) is 8.06. The molecule has 0 atom stereocenters. The molecule has 0 amide bonds. The fourth-order valence-corrected chi connectivity index (χ4v) is 2.55. The SMILES string of the molecule is Cc1nn(C)cc1-c1ncc(CNC(C)C)s1. The summed E-state index contributed by atoms with van der Waals surface area (Å²) in [5.74, 6) is 0. The van der Waals surface area contributed by atoms with Gasteiger partial charge in [0.2, 0.25) is 0 Å². The zero-order valence-electron chi connectivity index (χ0n) is 10.7. The van der Waals surface area contributed by atoms with E-state index in [1.807, 2.05) is 31.0 Å². The van der Waals surface area contributed by atoms with Gasteiger partial charge < -0.3 is 5.32 Å². The molecule has 17 heavy (non-hydrogen) atoms. The lowest BCUT2D eigenvalue weighted by atomic mass is 10.3. The maximum absolute atomic E-state index is 4.46. The molecule has 2 heterocycles. The molecule has 0 radical (unpaired) electrons. The highest BCUT2D eigenvalue weighted by Crippen LogP contribution is 2.27. The van der Waals surface area contributed by atoms with Gasteiger partial charge in [0.25, 0.3) is 0 Å². The lowest BCUT2D eigenvalue weighted by molar-refractivity contribution is 0.593. The highest BCUT2D eigenvalue weighted by molar-refractivity contribution is 7.15. The molecule has 2 aromatic rings. The topological polar surface area (TPSA) is 42.7 Å². The minimum absolute atomic E-state index is 0.501. The number of aryl methyl sites for hydroxylation is 2. The number of nitrogens with one attached hydrogen (secondary N) is 1. The van der Waals surface area contributed by atoms with Gasteiger partial charge in [0.05, 0.1) is 11.3 Å². The predicted octanol–water partition coefficient (Wildman–Crippen LogP) is 2.35. The molecular weight excluding hydrogens is 232 g/mol. The van der Waals surface area contributed by atoms with Crippen LogP contribution in [-0.2, 0) is 13.6 Å². The molecule has 0 saturated heterocycles. The van der Waals surface area contributed by atoms with Gasteiger partial charge in [-0.2, -0.15) is 5.10 Å². The molecule has 0 bridgehead atoms. The van der Waals surface area contributed by atoms with Gasteiger partial charge in [-0.05, 0) is 6.92 Å². The number of rotatable bonds is 4. The second kappa shape index (κ2) is 4.98. The Kier molecular flexibility index (Phi) is 3.59. The molecule has 0 spiro atoms. The van der Waals surface area contributed by atoms with Gasteiger partial charge in [0.15, 0.2) is 0 Å². The first-order valence-corrected chi connectivity index (χ1v) is 6.56. The lowest BCUT2D eigenvalue weighted by Gasteiger charge is -2.04. The van der Waals surface area contributed by atoms with Crippen LogP contribution in [0.1, 0.15) is 24.4 Å². The molecule has 0 aliphatic carbocycles. The maximum atomic E-state index is 4.46. The van der Waals surface area contributed by atoms with Crippen molar-refractivity contribution in [3.63, 3.8) is 0 Å². The van der Waals surface area contributed by atoms with Gasteiger partial charge in [0, 0.05) is 36.9 Å². The second-order valence-electron chi connectivity index (χ2n) is 4.47. The summed E-state index contributed by atoms with van der Waals surface area (Å²) in [7, 11) is 1.94. The molecule has 2 aromatic heterocycles. The summed E-state index contributed by atoms with van der Waals surface area (Å²) in [6.07, 6.45) is 3.97. The van der Waals surface area contributed by atoms with Gasteiger partial charge in [-0.25, -0.2) is 4.98 Å². The third-order valence-electron chi connectivity index (χ3n) is 2.48. The standard InChI is InChI=1S/C12H18N4S/c1-8(2)13-5-10-6-14-12(17-10)11-7-16(4)15-9(11)3/h6-8,13H,5H2,1-4H3. The van der Waals surface area contributed by atoms with Crippen LogP contribution in [0.15, 0.2) is 12.4 Å². The minimum Gasteiger partial charge on any atom is -0.310 e. The third kappa shape index (κ3) is 2.92. The quantitative estimate of drug-likeness (QED) is 0.905. The Morgan fingerprint density at radius 2 is 2.24 bits per heavy atom. The number of nitrogens with zero attached hydrogens (tertiary/aromatic N) is 3. The summed E-state index contributed by atoms with van der Waals surface area (Å²) in [5.41, 5.74) is 2.17. The van der Waals surface area contributed by atoms with Crippen LogP contribution in [0.3, 0.4) is 0 Å². The highest BCUT2D eigenvalue weighted by atomic mass is 32.1. The summed E-state index contributed by atoms with van der Waals surface area (Å²) < 4.78 is 1.83. The fourth-order valence-electron chi connectivity index (χ4n) is 1.63. The second-order valence-corrected chi connectivity index (χ2v) is 5.58. The number of hydrogen-bond donors (Lipinski definition) is 1. The van der Waals surface area contributed by atoms with E-state index in [1.54, 1.807) is 11.3 Å². The summed E-state index contributed by atoms with van der Waals surface area (Å²) >= 11 is 1.73. The Morgan fingerprint density at radius 1 is 1.47 bits per heavy atom. The van der Waals surface area contributed by atoms with Gasteiger partial charge in [-0.1, -0.05) is 13.8 Å². The molecule has 1 N–H and O–H groups in total. The van der Waals surface area contributed by atoms with Crippen molar-refractivity contribution in [2.75, 3.05) is 0 Å². The summed E-state index contributed by atoms with van der Waals surface area (Å²) in [6, 6.07) is 0.501. The van der Waals surface area contributed by atoms with Crippen LogP contribution in [0.25, 0.3) is 10.6 Å². The van der Waals surface area contributed by atoms with E-state index in [1.165, 1.54) is 4.88 Å². The maximum Gasteiger partial charge on any atom is 0.127 e. The normalized spacial score (nSPS) is 11.4. The molecule has 0 aliphatic rings. The predicted molar refractivity (Wildman–Crippen MR) is 71.0 cm³/mol. The Balaban J connectivity index is 2.15. The third-order valence-corrected chi connectivity index (χ3v) is 3.51. The monoisotopic (exact) mass is 250 g/mol. The average Bonchev–Trinajstić information content (AvgIpc) is 2.82. The van der Waals surface area contributed by atoms with Crippen molar-refractivity contribution in [1.29, 1.82) is 0 Å². The molecule has 5 heteroatoms. The van der Waals surface area contributed by atoms with E-state index in [2.05, 4.69) is 29.2 Å².